The summed E-state index contributed by atoms with van der Waals surface area (Å²) < 4.78 is 0. The Hall–Kier alpha value is -1.42. The van der Waals surface area contributed by atoms with Crippen LogP contribution in [-0.2, 0) is 11.3 Å². The molecule has 18 heavy (non-hydrogen) atoms. The van der Waals surface area contributed by atoms with Crippen LogP contribution in [0.5, 0.6) is 0 Å². The maximum absolute atomic E-state index is 12.1. The largest absolute Gasteiger partial charge is 0.350 e. The Morgan fingerprint density at radius 3 is 3.06 bits per heavy atom. The quantitative estimate of drug-likeness (QED) is 0.844. The number of nitrogens with one attached hydrogen (secondary N) is 1. The molecule has 1 aliphatic carbocycles. The van der Waals surface area contributed by atoms with Crippen molar-refractivity contribution < 1.29 is 4.79 Å². The second-order valence-electron chi connectivity index (χ2n) is 5.02. The van der Waals surface area contributed by atoms with Crippen molar-refractivity contribution in [2.24, 2.45) is 17.6 Å². The standard InChI is InChI=1S/C14H21N3O/c1-10-4-2-6-12(17-10)9-16-14(18)13-7-3-5-11(13)8-15/h2,4,6,11,13H,3,5,7-9,15H2,1H3,(H,16,18). The van der Waals surface area contributed by atoms with E-state index in [1.165, 1.54) is 0 Å². The summed E-state index contributed by atoms with van der Waals surface area (Å²) >= 11 is 0. The highest BCUT2D eigenvalue weighted by Crippen LogP contribution is 2.30. The van der Waals surface area contributed by atoms with E-state index in [0.29, 0.717) is 19.0 Å². The van der Waals surface area contributed by atoms with Gasteiger partial charge < -0.3 is 11.1 Å². The zero-order valence-corrected chi connectivity index (χ0v) is 10.9. The van der Waals surface area contributed by atoms with Crippen LogP contribution in [0.3, 0.4) is 0 Å². The van der Waals surface area contributed by atoms with Gasteiger partial charge in [-0.1, -0.05) is 12.5 Å². The molecule has 98 valence electrons. The number of aryl methyl sites for hydroxylation is 1. The van der Waals surface area contributed by atoms with Crippen LogP contribution in [0.2, 0.25) is 0 Å². The van der Waals surface area contributed by atoms with E-state index in [9.17, 15) is 4.79 Å². The Morgan fingerprint density at radius 2 is 2.33 bits per heavy atom. The molecule has 0 aliphatic heterocycles. The maximum atomic E-state index is 12.1. The zero-order chi connectivity index (χ0) is 13.0. The molecule has 2 rings (SSSR count). The summed E-state index contributed by atoms with van der Waals surface area (Å²) in [6.07, 6.45) is 3.16. The summed E-state index contributed by atoms with van der Waals surface area (Å²) in [6.45, 7) is 3.07. The summed E-state index contributed by atoms with van der Waals surface area (Å²) in [5, 5.41) is 2.98. The Labute approximate surface area is 108 Å². The number of nitrogens with zero attached hydrogens (tertiary/aromatic N) is 1. The number of carbonyl (C=O) groups is 1. The molecule has 0 bridgehead atoms. The fourth-order valence-electron chi connectivity index (χ4n) is 2.67. The summed E-state index contributed by atoms with van der Waals surface area (Å²) in [4.78, 5) is 16.4. The Kier molecular flexibility index (Phi) is 4.31. The second kappa shape index (κ2) is 5.96. The summed E-state index contributed by atoms with van der Waals surface area (Å²) in [7, 11) is 0. The van der Waals surface area contributed by atoms with Crippen LogP contribution >= 0.6 is 0 Å². The van der Waals surface area contributed by atoms with E-state index in [1.54, 1.807) is 0 Å². The van der Waals surface area contributed by atoms with Gasteiger partial charge in [-0.15, -0.1) is 0 Å². The normalized spacial score (nSPS) is 23.0. The minimum Gasteiger partial charge on any atom is -0.350 e. The van der Waals surface area contributed by atoms with Gasteiger partial charge in [-0.05, 0) is 44.4 Å². The molecule has 1 fully saturated rings. The minimum atomic E-state index is 0.0970. The monoisotopic (exact) mass is 247 g/mol. The molecule has 2 unspecified atom stereocenters. The summed E-state index contributed by atoms with van der Waals surface area (Å²) in [5.41, 5.74) is 7.58. The molecule has 0 aromatic carbocycles. The molecular formula is C14H21N3O. The van der Waals surface area contributed by atoms with Gasteiger partial charge in [0.05, 0.1) is 12.2 Å². The van der Waals surface area contributed by atoms with E-state index in [2.05, 4.69) is 10.3 Å². The Morgan fingerprint density at radius 1 is 1.50 bits per heavy atom. The molecule has 2 atom stereocenters. The maximum Gasteiger partial charge on any atom is 0.223 e. The molecule has 1 aliphatic rings. The molecule has 0 saturated heterocycles. The number of hydrogen-bond donors (Lipinski definition) is 2. The molecule has 4 nitrogen and oxygen atoms in total. The molecule has 1 aromatic rings. The van der Waals surface area contributed by atoms with Crippen LogP contribution in [0.25, 0.3) is 0 Å². The highest BCUT2D eigenvalue weighted by atomic mass is 16.1. The van der Waals surface area contributed by atoms with Crippen molar-refractivity contribution >= 4 is 5.91 Å². The molecule has 3 N–H and O–H groups in total. The minimum absolute atomic E-state index is 0.0970. The second-order valence-corrected chi connectivity index (χ2v) is 5.02. The summed E-state index contributed by atoms with van der Waals surface area (Å²) in [5.74, 6) is 0.585. The predicted molar refractivity (Wildman–Crippen MR) is 70.7 cm³/mol. The molecule has 0 radical (unpaired) electrons. The zero-order valence-electron chi connectivity index (χ0n) is 10.9. The molecule has 1 saturated carbocycles. The van der Waals surface area contributed by atoms with Crippen LogP contribution in [0.15, 0.2) is 18.2 Å². The third-order valence-electron chi connectivity index (χ3n) is 3.69. The lowest BCUT2D eigenvalue weighted by Gasteiger charge is -2.17. The van der Waals surface area contributed by atoms with Crippen molar-refractivity contribution in [2.75, 3.05) is 6.54 Å². The number of amides is 1. The van der Waals surface area contributed by atoms with Crippen molar-refractivity contribution in [2.45, 2.75) is 32.7 Å². The lowest BCUT2D eigenvalue weighted by molar-refractivity contribution is -0.126. The van der Waals surface area contributed by atoms with E-state index in [4.69, 9.17) is 5.73 Å². The van der Waals surface area contributed by atoms with Gasteiger partial charge in [-0.2, -0.15) is 0 Å². The van der Waals surface area contributed by atoms with Crippen molar-refractivity contribution in [1.82, 2.24) is 10.3 Å². The fraction of sp³-hybridized carbons (Fsp3) is 0.571. The van der Waals surface area contributed by atoms with Crippen LogP contribution in [-0.4, -0.2) is 17.4 Å². The van der Waals surface area contributed by atoms with Crippen LogP contribution in [0.4, 0.5) is 0 Å². The molecule has 4 heteroatoms. The molecular weight excluding hydrogens is 226 g/mol. The van der Waals surface area contributed by atoms with E-state index in [1.807, 2.05) is 25.1 Å². The first-order valence-electron chi connectivity index (χ1n) is 6.61. The molecule has 0 spiro atoms. The van der Waals surface area contributed by atoms with Gasteiger partial charge in [0.15, 0.2) is 0 Å². The molecule has 1 amide bonds. The van der Waals surface area contributed by atoms with Crippen molar-refractivity contribution in [3.05, 3.63) is 29.6 Å². The highest BCUT2D eigenvalue weighted by Gasteiger charge is 2.31. The number of pyridine rings is 1. The number of nitrogens with two attached hydrogens (primary N) is 1. The van der Waals surface area contributed by atoms with Crippen LogP contribution in [0.1, 0.15) is 30.7 Å². The Balaban J connectivity index is 1.88. The van der Waals surface area contributed by atoms with Gasteiger partial charge in [0.25, 0.3) is 0 Å². The van der Waals surface area contributed by atoms with Gasteiger partial charge in [-0.25, -0.2) is 0 Å². The average molecular weight is 247 g/mol. The lowest BCUT2D eigenvalue weighted by atomic mass is 9.95. The van der Waals surface area contributed by atoms with Gasteiger partial charge in [0.1, 0.15) is 0 Å². The Bertz CT molecular complexity index is 419. The SMILES string of the molecule is Cc1cccc(CNC(=O)C2CCCC2CN)n1. The smallest absolute Gasteiger partial charge is 0.223 e. The van der Waals surface area contributed by atoms with Crippen molar-refractivity contribution in [1.29, 1.82) is 0 Å². The first-order chi connectivity index (χ1) is 8.70. The van der Waals surface area contributed by atoms with Gasteiger partial charge in [0.2, 0.25) is 5.91 Å². The third kappa shape index (κ3) is 3.07. The average Bonchev–Trinajstić information content (AvgIpc) is 2.84. The number of hydrogen-bond acceptors (Lipinski definition) is 3. The molecule has 1 aromatic heterocycles. The number of aromatic nitrogens is 1. The lowest BCUT2D eigenvalue weighted by Crippen LogP contribution is -2.34. The van der Waals surface area contributed by atoms with Crippen molar-refractivity contribution in [3.8, 4) is 0 Å². The number of rotatable bonds is 4. The molecule has 1 heterocycles. The topological polar surface area (TPSA) is 68.0 Å². The summed E-state index contributed by atoms with van der Waals surface area (Å²) in [6, 6.07) is 5.84. The van der Waals surface area contributed by atoms with Gasteiger partial charge >= 0.3 is 0 Å². The van der Waals surface area contributed by atoms with Crippen molar-refractivity contribution in [3.63, 3.8) is 0 Å². The highest BCUT2D eigenvalue weighted by molar-refractivity contribution is 5.79. The first kappa shape index (κ1) is 13.0. The van der Waals surface area contributed by atoms with E-state index in [0.717, 1.165) is 30.7 Å². The van der Waals surface area contributed by atoms with E-state index >= 15 is 0 Å². The number of carbonyl (C=O) groups excluding carboxylic acids is 1. The predicted octanol–water partition coefficient (Wildman–Crippen LogP) is 1.38. The first-order valence-corrected chi connectivity index (χ1v) is 6.61. The van der Waals surface area contributed by atoms with Crippen LogP contribution < -0.4 is 11.1 Å². The van der Waals surface area contributed by atoms with Gasteiger partial charge in [0, 0.05) is 11.6 Å². The van der Waals surface area contributed by atoms with Crippen LogP contribution in [0, 0.1) is 18.8 Å². The van der Waals surface area contributed by atoms with E-state index < -0.39 is 0 Å². The fourth-order valence-corrected chi connectivity index (χ4v) is 2.67. The third-order valence-corrected chi connectivity index (χ3v) is 3.69. The van der Waals surface area contributed by atoms with E-state index in [-0.39, 0.29) is 11.8 Å². The van der Waals surface area contributed by atoms with Gasteiger partial charge in [-0.3, -0.25) is 9.78 Å².